The number of carbonyl (C=O) groups is 2. The number of ether oxygens (including phenoxy) is 1. The van der Waals surface area contributed by atoms with Gasteiger partial charge in [0.2, 0.25) is 11.8 Å². The van der Waals surface area contributed by atoms with Crippen LogP contribution < -0.4 is 10.1 Å². The van der Waals surface area contributed by atoms with Crippen LogP contribution in [0.15, 0.2) is 42.6 Å². The first-order valence-corrected chi connectivity index (χ1v) is 8.98. The lowest BCUT2D eigenvalue weighted by Crippen LogP contribution is -2.33. The minimum atomic E-state index is -0.358. The monoisotopic (exact) mass is 384 g/mol. The molecule has 140 valence electrons. The lowest BCUT2D eigenvalue weighted by molar-refractivity contribution is -0.129. The molecule has 2 aromatic carbocycles. The molecule has 1 aliphatic rings. The van der Waals surface area contributed by atoms with E-state index in [-0.39, 0.29) is 24.3 Å². The molecule has 0 aliphatic carbocycles. The van der Waals surface area contributed by atoms with Gasteiger partial charge in [-0.15, -0.1) is 0 Å². The van der Waals surface area contributed by atoms with Crippen LogP contribution in [0, 0.1) is 6.92 Å². The molecule has 1 aliphatic heterocycles. The normalized spacial score (nSPS) is 15.3. The molecule has 2 aromatic rings. The van der Waals surface area contributed by atoms with Gasteiger partial charge in [-0.2, -0.15) is 0 Å². The van der Waals surface area contributed by atoms with Crippen molar-refractivity contribution < 1.29 is 14.3 Å². The molecule has 2 amide bonds. The first-order chi connectivity index (χ1) is 12.9. The summed E-state index contributed by atoms with van der Waals surface area (Å²) in [7, 11) is 1.52. The Bertz CT molecular complexity index is 924. The fourth-order valence-electron chi connectivity index (χ4n) is 3.22. The largest absolute Gasteiger partial charge is 0.495 e. The third-order valence-electron chi connectivity index (χ3n) is 4.60. The van der Waals surface area contributed by atoms with Crippen LogP contribution in [0.1, 0.15) is 36.1 Å². The first-order valence-electron chi connectivity index (χ1n) is 8.60. The number of amides is 2. The number of halogens is 1. The summed E-state index contributed by atoms with van der Waals surface area (Å²) in [6, 6.07) is 10.9. The van der Waals surface area contributed by atoms with Crippen molar-refractivity contribution >= 4 is 35.2 Å². The maximum Gasteiger partial charge on any atom is 0.226 e. The van der Waals surface area contributed by atoms with Crippen molar-refractivity contribution in [3.63, 3.8) is 0 Å². The van der Waals surface area contributed by atoms with E-state index in [9.17, 15) is 9.59 Å². The average Bonchev–Trinajstić information content (AvgIpc) is 2.64. The predicted octanol–water partition coefficient (Wildman–Crippen LogP) is 4.56. The number of rotatable bonds is 4. The molecule has 1 N–H and O–H groups in total. The van der Waals surface area contributed by atoms with E-state index in [2.05, 4.69) is 5.32 Å². The van der Waals surface area contributed by atoms with Crippen LogP contribution in [-0.2, 0) is 9.59 Å². The second-order valence-corrected chi connectivity index (χ2v) is 6.85. The Hall–Kier alpha value is -2.79. The van der Waals surface area contributed by atoms with Crippen molar-refractivity contribution in [2.45, 2.75) is 26.3 Å². The van der Waals surface area contributed by atoms with Gasteiger partial charge >= 0.3 is 0 Å². The predicted molar refractivity (Wildman–Crippen MR) is 107 cm³/mol. The minimum absolute atomic E-state index is 0.113. The Morgan fingerprint density at radius 2 is 2.00 bits per heavy atom. The summed E-state index contributed by atoms with van der Waals surface area (Å²) in [4.78, 5) is 26.4. The molecule has 0 unspecified atom stereocenters. The van der Waals surface area contributed by atoms with Gasteiger partial charge in [0.15, 0.2) is 0 Å². The van der Waals surface area contributed by atoms with Crippen LogP contribution in [-0.4, -0.2) is 23.8 Å². The quantitative estimate of drug-likeness (QED) is 0.840. The first kappa shape index (κ1) is 19.0. The summed E-state index contributed by atoms with van der Waals surface area (Å²) >= 11 is 6.12. The highest BCUT2D eigenvalue weighted by atomic mass is 35.5. The van der Waals surface area contributed by atoms with Gasteiger partial charge in [0.05, 0.1) is 25.3 Å². The number of anilines is 1. The lowest BCUT2D eigenvalue weighted by atomic mass is 9.93. The highest BCUT2D eigenvalue weighted by molar-refractivity contribution is 6.31. The molecule has 5 nitrogen and oxygen atoms in total. The van der Waals surface area contributed by atoms with E-state index in [1.54, 1.807) is 23.2 Å². The fraction of sp³-hybridized carbons (Fsp3) is 0.238. The molecule has 1 atom stereocenters. The van der Waals surface area contributed by atoms with Crippen LogP contribution in [0.3, 0.4) is 0 Å². The number of fused-ring (bicyclic) bond motifs is 1. The summed E-state index contributed by atoms with van der Waals surface area (Å²) in [6.45, 7) is 3.35. The Kier molecular flexibility index (Phi) is 5.51. The fourth-order valence-corrected chi connectivity index (χ4v) is 3.37. The van der Waals surface area contributed by atoms with Crippen molar-refractivity contribution in [1.82, 2.24) is 4.90 Å². The van der Waals surface area contributed by atoms with E-state index >= 15 is 0 Å². The summed E-state index contributed by atoms with van der Waals surface area (Å²) in [5.41, 5.74) is 3.35. The third kappa shape index (κ3) is 3.98. The van der Waals surface area contributed by atoms with Crippen molar-refractivity contribution in [3.8, 4) is 5.75 Å². The number of benzene rings is 2. The average molecular weight is 385 g/mol. The van der Waals surface area contributed by atoms with Gasteiger partial charge in [0, 0.05) is 24.2 Å². The Morgan fingerprint density at radius 3 is 2.70 bits per heavy atom. The maximum atomic E-state index is 12.8. The van der Waals surface area contributed by atoms with Gasteiger partial charge < -0.3 is 15.0 Å². The Balaban J connectivity index is 1.85. The van der Waals surface area contributed by atoms with E-state index in [1.807, 2.05) is 37.3 Å². The van der Waals surface area contributed by atoms with E-state index < -0.39 is 0 Å². The Labute approximate surface area is 163 Å². The van der Waals surface area contributed by atoms with E-state index in [4.69, 9.17) is 16.3 Å². The van der Waals surface area contributed by atoms with Gasteiger partial charge in [0.25, 0.3) is 0 Å². The van der Waals surface area contributed by atoms with Crippen molar-refractivity contribution in [2.75, 3.05) is 12.4 Å². The van der Waals surface area contributed by atoms with E-state index in [0.29, 0.717) is 16.5 Å². The van der Waals surface area contributed by atoms with Gasteiger partial charge in [-0.3, -0.25) is 9.59 Å². The second kappa shape index (κ2) is 7.84. The topological polar surface area (TPSA) is 58.6 Å². The number of nitrogens with one attached hydrogen (secondary N) is 1. The molecule has 0 bridgehead atoms. The van der Waals surface area contributed by atoms with Crippen molar-refractivity contribution in [2.24, 2.45) is 0 Å². The van der Waals surface area contributed by atoms with Crippen molar-refractivity contribution in [3.05, 3.63) is 64.3 Å². The Morgan fingerprint density at radius 1 is 1.26 bits per heavy atom. The highest BCUT2D eigenvalue weighted by Gasteiger charge is 2.28. The van der Waals surface area contributed by atoms with Gasteiger partial charge in [0.1, 0.15) is 5.75 Å². The zero-order valence-electron chi connectivity index (χ0n) is 15.5. The van der Waals surface area contributed by atoms with Crippen LogP contribution in [0.4, 0.5) is 5.69 Å². The number of aryl methyl sites for hydroxylation is 1. The summed E-state index contributed by atoms with van der Waals surface area (Å²) in [5.74, 6) is 0.168. The highest BCUT2D eigenvalue weighted by Crippen LogP contribution is 2.34. The standard InChI is InChI=1S/C21H21ClN2O3/c1-13-10-18(20(27-3)11-17(13)22)23-21(26)12-19-16-7-5-4-6-15(16)8-9-24(19)14(2)25/h4-11,19H,12H2,1-3H3,(H,23,26)/t19-/m1/s1. The van der Waals surface area contributed by atoms with Crippen molar-refractivity contribution in [1.29, 1.82) is 0 Å². The molecule has 0 fully saturated rings. The molecular formula is C21H21ClN2O3. The molecule has 27 heavy (non-hydrogen) atoms. The van der Waals surface area contributed by atoms with Gasteiger partial charge in [-0.1, -0.05) is 35.9 Å². The summed E-state index contributed by atoms with van der Waals surface area (Å²) < 4.78 is 5.31. The van der Waals surface area contributed by atoms with Crippen LogP contribution >= 0.6 is 11.6 Å². The number of hydrogen-bond donors (Lipinski definition) is 1. The van der Waals surface area contributed by atoms with Crippen LogP contribution in [0.25, 0.3) is 6.08 Å². The molecule has 3 rings (SSSR count). The molecular weight excluding hydrogens is 364 g/mol. The SMILES string of the molecule is COc1cc(Cl)c(C)cc1NC(=O)C[C@@H]1c2ccccc2C=CN1C(C)=O. The smallest absolute Gasteiger partial charge is 0.226 e. The summed E-state index contributed by atoms with van der Waals surface area (Å²) in [5, 5.41) is 3.45. The van der Waals surface area contributed by atoms with Crippen LogP contribution in [0.2, 0.25) is 5.02 Å². The van der Waals surface area contributed by atoms with Gasteiger partial charge in [-0.25, -0.2) is 0 Å². The molecule has 0 saturated carbocycles. The zero-order valence-corrected chi connectivity index (χ0v) is 16.2. The van der Waals surface area contributed by atoms with E-state index in [1.165, 1.54) is 14.0 Å². The summed E-state index contributed by atoms with van der Waals surface area (Å²) in [6.07, 6.45) is 3.75. The molecule has 0 saturated heterocycles. The lowest BCUT2D eigenvalue weighted by Gasteiger charge is -2.32. The molecule has 0 aromatic heterocycles. The van der Waals surface area contributed by atoms with E-state index in [0.717, 1.165) is 16.7 Å². The zero-order chi connectivity index (χ0) is 19.6. The number of methoxy groups -OCH3 is 1. The number of hydrogen-bond acceptors (Lipinski definition) is 3. The number of carbonyl (C=O) groups excluding carboxylic acids is 2. The minimum Gasteiger partial charge on any atom is -0.495 e. The third-order valence-corrected chi connectivity index (χ3v) is 5.01. The molecule has 1 heterocycles. The number of nitrogens with zero attached hydrogens (tertiary/aromatic N) is 1. The molecule has 6 heteroatoms. The van der Waals surface area contributed by atoms with Gasteiger partial charge in [-0.05, 0) is 35.8 Å². The maximum absolute atomic E-state index is 12.8. The van der Waals surface area contributed by atoms with Crippen LogP contribution in [0.5, 0.6) is 5.75 Å². The molecule has 0 radical (unpaired) electrons. The molecule has 0 spiro atoms. The second-order valence-electron chi connectivity index (χ2n) is 6.44.